The predicted octanol–water partition coefficient (Wildman–Crippen LogP) is 3.04. The van der Waals surface area contributed by atoms with E-state index in [0.717, 1.165) is 37.2 Å². The number of hydrogen-bond acceptors (Lipinski definition) is 2. The molecular weight excluding hydrogens is 264 g/mol. The van der Waals surface area contributed by atoms with Gasteiger partial charge in [0.2, 0.25) is 0 Å². The molecule has 0 spiro atoms. The lowest BCUT2D eigenvalue weighted by atomic mass is 9.93. The summed E-state index contributed by atoms with van der Waals surface area (Å²) in [6.45, 7) is 4.71. The molecule has 1 N–H and O–H groups in total. The molecule has 2 aliphatic rings. The quantitative estimate of drug-likeness (QED) is 0.863. The zero-order valence-corrected chi connectivity index (χ0v) is 12.7. The maximum atomic E-state index is 11.5. The monoisotopic (exact) mass is 286 g/mol. The van der Waals surface area contributed by atoms with Gasteiger partial charge in [-0.15, -0.1) is 0 Å². The molecule has 3 rings (SSSR count). The fourth-order valence-corrected chi connectivity index (χ4v) is 3.22. The van der Waals surface area contributed by atoms with Gasteiger partial charge < -0.3 is 10.0 Å². The summed E-state index contributed by atoms with van der Waals surface area (Å²) >= 11 is 0. The van der Waals surface area contributed by atoms with Gasteiger partial charge in [-0.25, -0.2) is 4.79 Å². The average Bonchev–Trinajstić information content (AvgIpc) is 2.46. The van der Waals surface area contributed by atoms with E-state index >= 15 is 0 Å². The van der Waals surface area contributed by atoms with E-state index in [4.69, 9.17) is 0 Å². The lowest BCUT2D eigenvalue weighted by molar-refractivity contribution is 0.159. The summed E-state index contributed by atoms with van der Waals surface area (Å²) in [7, 11) is 2.13. The van der Waals surface area contributed by atoms with Gasteiger partial charge in [-0.05, 0) is 48.6 Å². The first-order chi connectivity index (χ1) is 10.0. The number of fused-ring (bicyclic) bond motifs is 1. The molecule has 0 fully saturated rings. The Morgan fingerprint density at radius 2 is 2.14 bits per heavy atom. The highest BCUT2D eigenvalue weighted by molar-refractivity contribution is 5.81. The minimum atomic E-state index is -0.859. The molecule has 1 aromatic carbocycles. The second-order valence-electron chi connectivity index (χ2n) is 6.29. The number of hydrogen-bond donors (Lipinski definition) is 1. The van der Waals surface area contributed by atoms with Crippen molar-refractivity contribution in [1.29, 1.82) is 0 Å². The van der Waals surface area contributed by atoms with Crippen molar-refractivity contribution in [2.24, 2.45) is 5.92 Å². The van der Waals surface area contributed by atoms with Crippen molar-refractivity contribution in [3.05, 3.63) is 41.0 Å². The molecule has 0 saturated heterocycles. The van der Waals surface area contributed by atoms with Crippen molar-refractivity contribution in [2.45, 2.75) is 26.3 Å². The number of amides is 1. The van der Waals surface area contributed by atoms with Crippen molar-refractivity contribution >= 4 is 11.8 Å². The molecule has 0 aliphatic carbocycles. The number of benzene rings is 1. The van der Waals surface area contributed by atoms with Crippen LogP contribution in [-0.2, 0) is 13.0 Å². The highest BCUT2D eigenvalue weighted by atomic mass is 16.4. The second-order valence-corrected chi connectivity index (χ2v) is 6.29. The van der Waals surface area contributed by atoms with Gasteiger partial charge in [-0.1, -0.05) is 25.1 Å². The van der Waals surface area contributed by atoms with Crippen LogP contribution in [0.5, 0.6) is 0 Å². The Morgan fingerprint density at radius 3 is 2.90 bits per heavy atom. The summed E-state index contributed by atoms with van der Waals surface area (Å²) in [5.41, 5.74) is 4.59. The van der Waals surface area contributed by atoms with Gasteiger partial charge in [-0.2, -0.15) is 0 Å². The molecule has 1 aromatic rings. The second kappa shape index (κ2) is 5.53. The molecule has 21 heavy (non-hydrogen) atoms. The van der Waals surface area contributed by atoms with Crippen LogP contribution < -0.4 is 0 Å². The van der Waals surface area contributed by atoms with Crippen molar-refractivity contribution in [2.75, 3.05) is 20.1 Å². The third kappa shape index (κ3) is 2.81. The van der Waals surface area contributed by atoms with Crippen LogP contribution in [0.4, 0.5) is 4.79 Å². The number of allylic oxidation sites excluding steroid dienone is 1. The number of carboxylic acid groups (broad SMARTS) is 1. The third-order valence-corrected chi connectivity index (χ3v) is 4.43. The van der Waals surface area contributed by atoms with Crippen molar-refractivity contribution in [3.63, 3.8) is 0 Å². The molecule has 0 aromatic heterocycles. The number of likely N-dealkylation sites (N-methyl/N-ethyl adjacent to an activating group) is 1. The summed E-state index contributed by atoms with van der Waals surface area (Å²) < 4.78 is 0. The van der Waals surface area contributed by atoms with E-state index in [1.165, 1.54) is 16.0 Å². The van der Waals surface area contributed by atoms with Crippen LogP contribution in [0, 0.1) is 5.92 Å². The van der Waals surface area contributed by atoms with E-state index in [0.29, 0.717) is 12.5 Å². The zero-order chi connectivity index (χ0) is 15.0. The normalized spacial score (nSPS) is 22.7. The van der Waals surface area contributed by atoms with Gasteiger partial charge in [0, 0.05) is 19.6 Å². The van der Waals surface area contributed by atoms with Crippen LogP contribution in [0.25, 0.3) is 5.70 Å². The Balaban J connectivity index is 1.96. The van der Waals surface area contributed by atoms with Crippen LogP contribution in [0.3, 0.4) is 0 Å². The van der Waals surface area contributed by atoms with Gasteiger partial charge in [-0.3, -0.25) is 4.90 Å². The Morgan fingerprint density at radius 1 is 1.33 bits per heavy atom. The first-order valence-corrected chi connectivity index (χ1v) is 7.56. The molecule has 4 nitrogen and oxygen atoms in total. The maximum Gasteiger partial charge on any atom is 0.411 e. The van der Waals surface area contributed by atoms with Crippen molar-refractivity contribution in [1.82, 2.24) is 9.80 Å². The number of rotatable bonds is 1. The summed E-state index contributed by atoms with van der Waals surface area (Å²) in [5.74, 6) is 0.383. The van der Waals surface area contributed by atoms with Crippen LogP contribution in [0.1, 0.15) is 30.0 Å². The topological polar surface area (TPSA) is 43.8 Å². The molecule has 1 amide bonds. The van der Waals surface area contributed by atoms with Crippen LogP contribution in [-0.4, -0.2) is 41.1 Å². The standard InChI is InChI=1S/C17H22N2O2/c1-12-3-6-16(19(10-12)17(20)21)14-5-4-13-7-8-18(2)11-15(13)9-14/h4-6,9,12H,3,7-8,10-11H2,1-2H3,(H,20,21). The van der Waals surface area contributed by atoms with Gasteiger partial charge in [0.1, 0.15) is 0 Å². The smallest absolute Gasteiger partial charge is 0.411 e. The molecule has 112 valence electrons. The van der Waals surface area contributed by atoms with E-state index < -0.39 is 6.09 Å². The SMILES string of the molecule is CC1CC=C(c2ccc3c(c2)CN(C)CC3)N(C(=O)O)C1. The van der Waals surface area contributed by atoms with E-state index in [1.54, 1.807) is 0 Å². The highest BCUT2D eigenvalue weighted by Crippen LogP contribution is 2.30. The minimum absolute atomic E-state index is 0.383. The van der Waals surface area contributed by atoms with E-state index in [2.05, 4.69) is 43.1 Å². The lowest BCUT2D eigenvalue weighted by Gasteiger charge is -2.31. The largest absolute Gasteiger partial charge is 0.465 e. The van der Waals surface area contributed by atoms with Gasteiger partial charge in [0.15, 0.2) is 0 Å². The first kappa shape index (κ1) is 14.1. The first-order valence-electron chi connectivity index (χ1n) is 7.56. The van der Waals surface area contributed by atoms with Crippen LogP contribution >= 0.6 is 0 Å². The van der Waals surface area contributed by atoms with E-state index in [-0.39, 0.29) is 0 Å². The van der Waals surface area contributed by atoms with Gasteiger partial charge in [0.25, 0.3) is 0 Å². The molecule has 2 heterocycles. The lowest BCUT2D eigenvalue weighted by Crippen LogP contribution is -2.35. The molecule has 1 unspecified atom stereocenters. The summed E-state index contributed by atoms with van der Waals surface area (Å²) in [6, 6.07) is 6.40. The summed E-state index contributed by atoms with van der Waals surface area (Å²) in [4.78, 5) is 15.3. The molecular formula is C17H22N2O2. The Bertz CT molecular complexity index is 594. The third-order valence-electron chi connectivity index (χ3n) is 4.43. The van der Waals surface area contributed by atoms with Crippen molar-refractivity contribution < 1.29 is 9.90 Å². The Labute approximate surface area is 125 Å². The van der Waals surface area contributed by atoms with E-state index in [1.807, 2.05) is 0 Å². The van der Waals surface area contributed by atoms with Crippen LogP contribution in [0.2, 0.25) is 0 Å². The van der Waals surface area contributed by atoms with Gasteiger partial charge in [0.05, 0.1) is 5.70 Å². The van der Waals surface area contributed by atoms with Crippen LogP contribution in [0.15, 0.2) is 24.3 Å². The Kier molecular flexibility index (Phi) is 3.72. The molecule has 0 bridgehead atoms. The molecule has 1 atom stereocenters. The molecule has 0 radical (unpaired) electrons. The zero-order valence-electron chi connectivity index (χ0n) is 12.7. The minimum Gasteiger partial charge on any atom is -0.465 e. The predicted molar refractivity (Wildman–Crippen MR) is 83.0 cm³/mol. The molecule has 2 aliphatic heterocycles. The maximum absolute atomic E-state index is 11.5. The van der Waals surface area contributed by atoms with Crippen molar-refractivity contribution in [3.8, 4) is 0 Å². The van der Waals surface area contributed by atoms with Gasteiger partial charge >= 0.3 is 6.09 Å². The summed E-state index contributed by atoms with van der Waals surface area (Å²) in [5, 5.41) is 9.45. The number of carbonyl (C=O) groups is 1. The molecule has 0 saturated carbocycles. The Hall–Kier alpha value is -1.81. The number of nitrogens with zero attached hydrogens (tertiary/aromatic N) is 2. The fourth-order valence-electron chi connectivity index (χ4n) is 3.22. The fraction of sp³-hybridized carbons (Fsp3) is 0.471. The average molecular weight is 286 g/mol. The summed E-state index contributed by atoms with van der Waals surface area (Å²) in [6.07, 6.45) is 3.22. The molecule has 4 heteroatoms. The highest BCUT2D eigenvalue weighted by Gasteiger charge is 2.25. The van der Waals surface area contributed by atoms with E-state index in [9.17, 15) is 9.90 Å².